The average molecular weight is 332 g/mol. The topological polar surface area (TPSA) is 54.2 Å². The Bertz CT molecular complexity index is 859. The van der Waals surface area contributed by atoms with Crippen LogP contribution in [0.4, 0.5) is 4.39 Å². The second-order valence-corrected chi connectivity index (χ2v) is 6.88. The van der Waals surface area contributed by atoms with Crippen LogP contribution in [0.2, 0.25) is 0 Å². The highest BCUT2D eigenvalue weighted by molar-refractivity contribution is 7.22. The molecular formula is C16H17FN4OS. The fourth-order valence-corrected chi connectivity index (χ4v) is 4.16. The number of likely N-dealkylation sites (N-methyl/N-ethyl adjacent to an activating group) is 1. The molecule has 1 fully saturated rings. The molecule has 3 heterocycles. The Morgan fingerprint density at radius 1 is 1.43 bits per heavy atom. The molecule has 0 saturated carbocycles. The van der Waals surface area contributed by atoms with E-state index in [4.69, 9.17) is 4.52 Å². The molecular weight excluding hydrogens is 315 g/mol. The molecule has 4 rings (SSSR count). The number of piperazine rings is 1. The second kappa shape index (κ2) is 5.67. The molecule has 1 aliphatic rings. The van der Waals surface area contributed by atoms with Gasteiger partial charge in [-0.05, 0) is 31.7 Å². The van der Waals surface area contributed by atoms with Crippen LogP contribution in [0.15, 0.2) is 22.7 Å². The van der Waals surface area contributed by atoms with Gasteiger partial charge in [0.25, 0.3) is 5.89 Å². The van der Waals surface area contributed by atoms with Crippen molar-refractivity contribution >= 4 is 21.4 Å². The van der Waals surface area contributed by atoms with Gasteiger partial charge in [-0.1, -0.05) is 11.2 Å². The smallest absolute Gasteiger partial charge is 0.268 e. The lowest BCUT2D eigenvalue weighted by molar-refractivity contribution is 0.190. The average Bonchev–Trinajstić information content (AvgIpc) is 3.13. The van der Waals surface area contributed by atoms with Crippen molar-refractivity contribution in [2.45, 2.75) is 13.0 Å². The molecule has 0 amide bonds. The van der Waals surface area contributed by atoms with E-state index in [9.17, 15) is 4.39 Å². The van der Waals surface area contributed by atoms with Gasteiger partial charge in [-0.15, -0.1) is 11.3 Å². The number of aromatic nitrogens is 2. The number of aryl methyl sites for hydroxylation is 1. The fourth-order valence-electron chi connectivity index (χ4n) is 3.01. The molecule has 1 aromatic carbocycles. The van der Waals surface area contributed by atoms with E-state index < -0.39 is 0 Å². The zero-order valence-corrected chi connectivity index (χ0v) is 13.8. The van der Waals surface area contributed by atoms with Gasteiger partial charge in [-0.3, -0.25) is 4.90 Å². The molecule has 3 aromatic rings. The summed E-state index contributed by atoms with van der Waals surface area (Å²) >= 11 is 1.49. The fraction of sp³-hybridized carbons (Fsp3) is 0.375. The highest BCUT2D eigenvalue weighted by Gasteiger charge is 2.26. The second-order valence-electron chi connectivity index (χ2n) is 5.83. The van der Waals surface area contributed by atoms with E-state index in [0.717, 1.165) is 34.8 Å². The van der Waals surface area contributed by atoms with E-state index in [1.807, 2.05) is 13.0 Å². The molecule has 1 N–H and O–H groups in total. The summed E-state index contributed by atoms with van der Waals surface area (Å²) in [4.78, 5) is 7.62. The Hall–Kier alpha value is -1.83. The molecule has 23 heavy (non-hydrogen) atoms. The standard InChI is InChI=1S/C16H17FN4OS/c1-9-13-10(17)4-3-5-12(13)23-14(9)16-19-15(20-22-16)11-8-18-6-7-21(11)2/h3-5,11,18H,6-8H2,1-2H3. The summed E-state index contributed by atoms with van der Waals surface area (Å²) in [5, 5.41) is 8.13. The highest BCUT2D eigenvalue weighted by atomic mass is 32.1. The van der Waals surface area contributed by atoms with E-state index in [1.165, 1.54) is 17.4 Å². The maximum absolute atomic E-state index is 14.0. The summed E-state index contributed by atoms with van der Waals surface area (Å²) in [6, 6.07) is 5.22. The van der Waals surface area contributed by atoms with E-state index in [1.54, 1.807) is 6.07 Å². The monoisotopic (exact) mass is 332 g/mol. The first-order valence-electron chi connectivity index (χ1n) is 7.57. The van der Waals surface area contributed by atoms with Gasteiger partial charge in [0.1, 0.15) is 5.82 Å². The molecule has 1 atom stereocenters. The molecule has 0 radical (unpaired) electrons. The number of fused-ring (bicyclic) bond motifs is 1. The zero-order valence-electron chi connectivity index (χ0n) is 13.0. The Balaban J connectivity index is 1.74. The summed E-state index contributed by atoms with van der Waals surface area (Å²) in [6.45, 7) is 4.61. The molecule has 5 nitrogen and oxygen atoms in total. The van der Waals surface area contributed by atoms with E-state index in [2.05, 4.69) is 27.4 Å². The molecule has 0 spiro atoms. The van der Waals surface area contributed by atoms with Crippen molar-refractivity contribution in [2.24, 2.45) is 0 Å². The minimum absolute atomic E-state index is 0.104. The molecule has 0 bridgehead atoms. The van der Waals surface area contributed by atoms with Crippen LogP contribution in [0.25, 0.3) is 20.9 Å². The van der Waals surface area contributed by atoms with Gasteiger partial charge in [-0.2, -0.15) is 4.98 Å². The summed E-state index contributed by atoms with van der Waals surface area (Å²) in [5.41, 5.74) is 0.855. The molecule has 1 unspecified atom stereocenters. The number of hydrogen-bond acceptors (Lipinski definition) is 6. The lowest BCUT2D eigenvalue weighted by Crippen LogP contribution is -2.44. The third-order valence-corrected chi connectivity index (χ3v) is 5.59. The van der Waals surface area contributed by atoms with Crippen molar-refractivity contribution in [2.75, 3.05) is 26.7 Å². The van der Waals surface area contributed by atoms with Gasteiger partial charge in [-0.25, -0.2) is 4.39 Å². The van der Waals surface area contributed by atoms with E-state index in [-0.39, 0.29) is 11.9 Å². The normalized spacial score (nSPS) is 19.5. The number of rotatable bonds is 2. The van der Waals surface area contributed by atoms with Crippen molar-refractivity contribution in [1.29, 1.82) is 0 Å². The number of nitrogens with one attached hydrogen (secondary N) is 1. The van der Waals surface area contributed by atoms with Gasteiger partial charge in [0.2, 0.25) is 0 Å². The maximum Gasteiger partial charge on any atom is 0.268 e. The van der Waals surface area contributed by atoms with Crippen molar-refractivity contribution in [3.05, 3.63) is 35.4 Å². The molecule has 2 aromatic heterocycles. The first-order chi connectivity index (χ1) is 11.1. The molecule has 1 saturated heterocycles. The van der Waals surface area contributed by atoms with Crippen LogP contribution in [0.1, 0.15) is 17.4 Å². The highest BCUT2D eigenvalue weighted by Crippen LogP contribution is 2.38. The third-order valence-electron chi connectivity index (χ3n) is 4.35. The lowest BCUT2D eigenvalue weighted by Gasteiger charge is -2.30. The molecule has 0 aliphatic carbocycles. The summed E-state index contributed by atoms with van der Waals surface area (Å²) < 4.78 is 20.4. The first kappa shape index (κ1) is 14.7. The van der Waals surface area contributed by atoms with Gasteiger partial charge >= 0.3 is 0 Å². The Kier molecular flexibility index (Phi) is 3.63. The molecule has 7 heteroatoms. The molecule has 1 aliphatic heterocycles. The first-order valence-corrected chi connectivity index (χ1v) is 8.39. The summed E-state index contributed by atoms with van der Waals surface area (Å²) in [6.07, 6.45) is 0. The largest absolute Gasteiger partial charge is 0.333 e. The summed E-state index contributed by atoms with van der Waals surface area (Å²) in [5.74, 6) is 0.933. The summed E-state index contributed by atoms with van der Waals surface area (Å²) in [7, 11) is 2.06. The lowest BCUT2D eigenvalue weighted by atomic mass is 10.1. The van der Waals surface area contributed by atoms with Crippen LogP contribution in [0, 0.1) is 12.7 Å². The molecule has 120 valence electrons. The number of halogens is 1. The number of benzene rings is 1. The van der Waals surface area contributed by atoms with Gasteiger partial charge < -0.3 is 9.84 Å². The van der Waals surface area contributed by atoms with Gasteiger partial charge in [0.05, 0.1) is 10.9 Å². The van der Waals surface area contributed by atoms with Crippen molar-refractivity contribution in [1.82, 2.24) is 20.4 Å². The Morgan fingerprint density at radius 2 is 2.30 bits per heavy atom. The van der Waals surface area contributed by atoms with Crippen LogP contribution in [0.3, 0.4) is 0 Å². The van der Waals surface area contributed by atoms with Crippen LogP contribution < -0.4 is 5.32 Å². The minimum Gasteiger partial charge on any atom is -0.333 e. The van der Waals surface area contributed by atoms with Crippen LogP contribution in [-0.2, 0) is 0 Å². The van der Waals surface area contributed by atoms with E-state index >= 15 is 0 Å². The van der Waals surface area contributed by atoms with Crippen molar-refractivity contribution in [3.63, 3.8) is 0 Å². The number of nitrogens with zero attached hydrogens (tertiary/aromatic N) is 3. The quantitative estimate of drug-likeness (QED) is 0.782. The van der Waals surface area contributed by atoms with Crippen LogP contribution in [0.5, 0.6) is 0 Å². The van der Waals surface area contributed by atoms with Crippen molar-refractivity contribution < 1.29 is 8.91 Å². The van der Waals surface area contributed by atoms with Gasteiger partial charge in [0.15, 0.2) is 5.82 Å². The van der Waals surface area contributed by atoms with Crippen LogP contribution in [-0.4, -0.2) is 41.7 Å². The number of hydrogen-bond donors (Lipinski definition) is 1. The van der Waals surface area contributed by atoms with E-state index in [0.29, 0.717) is 17.1 Å². The van der Waals surface area contributed by atoms with Crippen molar-refractivity contribution in [3.8, 4) is 10.8 Å². The van der Waals surface area contributed by atoms with Crippen LogP contribution >= 0.6 is 11.3 Å². The van der Waals surface area contributed by atoms with Gasteiger partial charge in [0, 0.05) is 29.7 Å². The predicted molar refractivity (Wildman–Crippen MR) is 88.1 cm³/mol. The number of thiophene rings is 1. The SMILES string of the molecule is Cc1c(-c2nc(C3CNCCN3C)no2)sc2cccc(F)c12. The predicted octanol–water partition coefficient (Wildman–Crippen LogP) is 2.97. The zero-order chi connectivity index (χ0) is 16.0. The third kappa shape index (κ3) is 2.45. The Morgan fingerprint density at radius 3 is 3.09 bits per heavy atom. The Labute approximate surface area is 137 Å². The minimum atomic E-state index is -0.210. The maximum atomic E-state index is 14.0.